The van der Waals surface area contributed by atoms with Gasteiger partial charge in [0.2, 0.25) is 5.95 Å². The van der Waals surface area contributed by atoms with Gasteiger partial charge in [0.25, 0.3) is 0 Å². The first-order valence-corrected chi connectivity index (χ1v) is 7.61. The molecule has 0 aromatic carbocycles. The van der Waals surface area contributed by atoms with Crippen molar-refractivity contribution in [2.45, 2.75) is 57.4 Å². The Bertz CT molecular complexity index is 478. The largest absolute Gasteiger partial charge is 0.335 e. The highest BCUT2D eigenvalue weighted by Crippen LogP contribution is 2.49. The quantitative estimate of drug-likeness (QED) is 0.872. The Hall–Kier alpha value is -1.59. The molecule has 20 heavy (non-hydrogen) atoms. The number of aryl methyl sites for hydroxylation is 1. The predicted octanol–water partition coefficient (Wildman–Crippen LogP) is 2.44. The van der Waals surface area contributed by atoms with Crippen molar-refractivity contribution in [2.24, 2.45) is 12.5 Å². The fourth-order valence-electron chi connectivity index (χ4n) is 3.90. The van der Waals surface area contributed by atoms with E-state index in [9.17, 15) is 4.79 Å². The number of amides is 2. The number of rotatable bonds is 2. The van der Waals surface area contributed by atoms with E-state index in [1.165, 1.54) is 44.9 Å². The lowest BCUT2D eigenvalue weighted by molar-refractivity contribution is 0.136. The molecule has 0 aliphatic heterocycles. The number of hydrogen-bond donors (Lipinski definition) is 2. The molecule has 2 N–H and O–H groups in total. The number of carbonyl (C=O) groups excluding carboxylic acids is 1. The van der Waals surface area contributed by atoms with Gasteiger partial charge in [0.1, 0.15) is 6.33 Å². The molecule has 0 bridgehead atoms. The van der Waals surface area contributed by atoms with Crippen LogP contribution in [0.2, 0.25) is 0 Å². The van der Waals surface area contributed by atoms with Gasteiger partial charge in [0, 0.05) is 13.1 Å². The average molecular weight is 277 g/mol. The van der Waals surface area contributed by atoms with Gasteiger partial charge >= 0.3 is 6.03 Å². The van der Waals surface area contributed by atoms with Gasteiger partial charge in [-0.2, -0.15) is 0 Å². The Kier molecular flexibility index (Phi) is 3.63. The van der Waals surface area contributed by atoms with Crippen LogP contribution in [0.15, 0.2) is 6.33 Å². The highest BCUT2D eigenvalue weighted by Gasteiger charge is 2.43. The topological polar surface area (TPSA) is 71.8 Å². The van der Waals surface area contributed by atoms with Crippen LogP contribution in [0.5, 0.6) is 0 Å². The Morgan fingerprint density at radius 2 is 2.00 bits per heavy atom. The van der Waals surface area contributed by atoms with Gasteiger partial charge in [-0.1, -0.05) is 25.7 Å². The maximum absolute atomic E-state index is 12.1. The molecule has 110 valence electrons. The lowest BCUT2D eigenvalue weighted by Gasteiger charge is -2.41. The first kappa shape index (κ1) is 13.4. The molecule has 6 heteroatoms. The second-order valence-corrected chi connectivity index (χ2v) is 6.21. The van der Waals surface area contributed by atoms with Gasteiger partial charge in [-0.3, -0.25) is 10.00 Å². The molecule has 2 aliphatic rings. The number of urea groups is 1. The van der Waals surface area contributed by atoms with E-state index < -0.39 is 0 Å². The summed E-state index contributed by atoms with van der Waals surface area (Å²) in [7, 11) is 1.78. The van der Waals surface area contributed by atoms with E-state index in [2.05, 4.69) is 20.7 Å². The van der Waals surface area contributed by atoms with Gasteiger partial charge in [0.15, 0.2) is 0 Å². The molecule has 0 radical (unpaired) electrons. The fraction of sp³-hybridized carbons (Fsp3) is 0.786. The van der Waals surface area contributed by atoms with Crippen molar-refractivity contribution in [3.8, 4) is 0 Å². The summed E-state index contributed by atoms with van der Waals surface area (Å²) in [6.45, 7) is 0. The van der Waals surface area contributed by atoms with Crippen molar-refractivity contribution < 1.29 is 4.79 Å². The van der Waals surface area contributed by atoms with Gasteiger partial charge in [-0.15, -0.1) is 5.10 Å². The summed E-state index contributed by atoms with van der Waals surface area (Å²) in [6, 6.07) is 0.136. The molecular formula is C14H23N5O. The van der Waals surface area contributed by atoms with E-state index in [-0.39, 0.29) is 6.03 Å². The van der Waals surface area contributed by atoms with Gasteiger partial charge in [-0.05, 0) is 31.1 Å². The maximum Gasteiger partial charge on any atom is 0.321 e. The molecular weight excluding hydrogens is 254 g/mol. The second kappa shape index (κ2) is 5.42. The van der Waals surface area contributed by atoms with Crippen LogP contribution >= 0.6 is 0 Å². The standard InChI is InChI=1S/C14H23N5O/c1-19-10-15-12(18-19)17-13(20)16-11-6-2-3-7-14(11)8-4-5-9-14/h10-11H,2-9H2,1H3,(H2,16,17,18,20). The minimum Gasteiger partial charge on any atom is -0.335 e. The third-order valence-electron chi connectivity index (χ3n) is 4.89. The van der Waals surface area contributed by atoms with Crippen LogP contribution in [0.4, 0.5) is 10.7 Å². The molecule has 2 amide bonds. The van der Waals surface area contributed by atoms with Crippen LogP contribution in [0.25, 0.3) is 0 Å². The first-order chi connectivity index (χ1) is 9.68. The normalized spacial score (nSPS) is 24.8. The highest BCUT2D eigenvalue weighted by molar-refractivity contribution is 5.87. The van der Waals surface area contributed by atoms with E-state index in [0.29, 0.717) is 17.4 Å². The van der Waals surface area contributed by atoms with Crippen LogP contribution in [0.3, 0.4) is 0 Å². The molecule has 1 spiro atoms. The van der Waals surface area contributed by atoms with E-state index in [1.807, 2.05) is 0 Å². The monoisotopic (exact) mass is 277 g/mol. The molecule has 1 atom stereocenters. The maximum atomic E-state index is 12.1. The summed E-state index contributed by atoms with van der Waals surface area (Å²) in [5, 5.41) is 9.96. The minimum absolute atomic E-state index is 0.172. The van der Waals surface area contributed by atoms with Crippen molar-refractivity contribution in [1.82, 2.24) is 20.1 Å². The van der Waals surface area contributed by atoms with Crippen LogP contribution < -0.4 is 10.6 Å². The van der Waals surface area contributed by atoms with Crippen LogP contribution in [-0.4, -0.2) is 26.8 Å². The van der Waals surface area contributed by atoms with Crippen molar-refractivity contribution in [1.29, 1.82) is 0 Å². The SMILES string of the molecule is Cn1cnc(NC(=O)NC2CCCCC23CCCC3)n1. The number of carbonyl (C=O) groups is 1. The molecule has 0 saturated heterocycles. The van der Waals surface area contributed by atoms with Crippen molar-refractivity contribution in [3.63, 3.8) is 0 Å². The molecule has 1 unspecified atom stereocenters. The van der Waals surface area contributed by atoms with E-state index >= 15 is 0 Å². The molecule has 2 aliphatic carbocycles. The summed E-state index contributed by atoms with van der Waals surface area (Å²) < 4.78 is 1.58. The molecule has 1 aromatic heterocycles. The Morgan fingerprint density at radius 3 is 2.65 bits per heavy atom. The number of anilines is 1. The molecule has 3 rings (SSSR count). The minimum atomic E-state index is -0.172. The van der Waals surface area contributed by atoms with Crippen LogP contribution in [0.1, 0.15) is 51.4 Å². The summed E-state index contributed by atoms with van der Waals surface area (Å²) in [5.41, 5.74) is 0.354. The molecule has 1 aromatic rings. The summed E-state index contributed by atoms with van der Waals surface area (Å²) in [4.78, 5) is 16.1. The number of nitrogens with zero attached hydrogens (tertiary/aromatic N) is 3. The lowest BCUT2D eigenvalue weighted by Crippen LogP contribution is -2.49. The van der Waals surface area contributed by atoms with Gasteiger partial charge in [-0.25, -0.2) is 9.78 Å². The smallest absolute Gasteiger partial charge is 0.321 e. The molecule has 2 saturated carbocycles. The Labute approximate surface area is 119 Å². The van der Waals surface area contributed by atoms with Gasteiger partial charge in [0.05, 0.1) is 0 Å². The highest BCUT2D eigenvalue weighted by atomic mass is 16.2. The zero-order chi connectivity index (χ0) is 14.0. The third kappa shape index (κ3) is 2.64. The van der Waals surface area contributed by atoms with Crippen molar-refractivity contribution >= 4 is 12.0 Å². The zero-order valence-electron chi connectivity index (χ0n) is 12.1. The predicted molar refractivity (Wildman–Crippen MR) is 76.3 cm³/mol. The van der Waals surface area contributed by atoms with Crippen LogP contribution in [0, 0.1) is 5.41 Å². The number of hydrogen-bond acceptors (Lipinski definition) is 3. The second-order valence-electron chi connectivity index (χ2n) is 6.21. The molecule has 1 heterocycles. The van der Waals surface area contributed by atoms with Crippen LogP contribution in [-0.2, 0) is 7.05 Å². The Balaban J connectivity index is 1.62. The van der Waals surface area contributed by atoms with Gasteiger partial charge < -0.3 is 5.32 Å². The van der Waals surface area contributed by atoms with E-state index in [1.54, 1.807) is 18.1 Å². The Morgan fingerprint density at radius 1 is 1.30 bits per heavy atom. The summed E-state index contributed by atoms with van der Waals surface area (Å²) in [5.74, 6) is 0.362. The van der Waals surface area contributed by atoms with Crippen molar-refractivity contribution in [2.75, 3.05) is 5.32 Å². The summed E-state index contributed by atoms with van der Waals surface area (Å²) >= 11 is 0. The molecule has 2 fully saturated rings. The summed E-state index contributed by atoms with van der Waals surface area (Å²) in [6.07, 6.45) is 11.6. The zero-order valence-corrected chi connectivity index (χ0v) is 12.1. The van der Waals surface area contributed by atoms with E-state index in [0.717, 1.165) is 6.42 Å². The fourth-order valence-corrected chi connectivity index (χ4v) is 3.90. The lowest BCUT2D eigenvalue weighted by atomic mass is 9.69. The number of aromatic nitrogens is 3. The average Bonchev–Trinajstić information content (AvgIpc) is 3.03. The van der Waals surface area contributed by atoms with Crippen molar-refractivity contribution in [3.05, 3.63) is 6.33 Å². The van der Waals surface area contributed by atoms with E-state index in [4.69, 9.17) is 0 Å². The molecule has 6 nitrogen and oxygen atoms in total. The number of nitrogens with one attached hydrogen (secondary N) is 2. The first-order valence-electron chi connectivity index (χ1n) is 7.61. The third-order valence-corrected chi connectivity index (χ3v) is 4.89.